The van der Waals surface area contributed by atoms with Gasteiger partial charge in [0.25, 0.3) is 17.4 Å². The molecule has 3 N–H and O–H groups in total. The van der Waals surface area contributed by atoms with Gasteiger partial charge in [-0.1, -0.05) is 41.9 Å². The molecule has 13 heteroatoms. The normalized spacial score (nSPS) is 20.3. The van der Waals surface area contributed by atoms with Crippen LogP contribution in [0.5, 0.6) is 0 Å². The lowest BCUT2D eigenvalue weighted by molar-refractivity contribution is -0.262. The minimum Gasteiger partial charge on any atom is -0.465 e. The molecule has 1 unspecified atom stereocenters. The molecule has 0 spiro atoms. The fourth-order valence-corrected chi connectivity index (χ4v) is 6.73. The third-order valence-corrected chi connectivity index (χ3v) is 9.30. The zero-order valence-corrected chi connectivity index (χ0v) is 24.2. The van der Waals surface area contributed by atoms with Crippen molar-refractivity contribution in [2.24, 2.45) is 11.8 Å². The number of alkyl halides is 3. The van der Waals surface area contributed by atoms with Crippen LogP contribution in [0.2, 0.25) is 5.02 Å². The van der Waals surface area contributed by atoms with Crippen molar-refractivity contribution in [1.29, 1.82) is 0 Å². The molecule has 0 saturated carbocycles. The number of halogens is 4. The van der Waals surface area contributed by atoms with Crippen LogP contribution in [0.15, 0.2) is 48.5 Å². The SMILES string of the molecule is O=C(O)NC1CN(C(=O)c2ccc(N3CCC(C4CCN(C(=O)C(O)(c5ccccc5)C(F)(F)F)CC4)CC3)cc2Cl)C1. The Hall–Kier alpha value is -3.51. The molecular weight excluding hydrogens is 589 g/mol. The number of hydrogen-bond acceptors (Lipinski definition) is 5. The molecule has 3 aliphatic heterocycles. The highest BCUT2D eigenvalue weighted by atomic mass is 35.5. The Labute approximate surface area is 252 Å². The number of likely N-dealkylation sites (tertiary alicyclic amines) is 2. The van der Waals surface area contributed by atoms with Crippen molar-refractivity contribution in [3.63, 3.8) is 0 Å². The zero-order chi connectivity index (χ0) is 30.9. The van der Waals surface area contributed by atoms with E-state index in [1.165, 1.54) is 23.1 Å². The van der Waals surface area contributed by atoms with Crippen LogP contribution >= 0.6 is 11.6 Å². The van der Waals surface area contributed by atoms with Crippen LogP contribution < -0.4 is 10.2 Å². The summed E-state index contributed by atoms with van der Waals surface area (Å²) in [7, 11) is 0. The summed E-state index contributed by atoms with van der Waals surface area (Å²) in [4.78, 5) is 41.4. The maximum Gasteiger partial charge on any atom is 0.430 e. The molecule has 3 amide bonds. The first-order chi connectivity index (χ1) is 20.4. The predicted octanol–water partition coefficient (Wildman–Crippen LogP) is 4.34. The van der Waals surface area contributed by atoms with Gasteiger partial charge in [-0.15, -0.1) is 0 Å². The molecule has 232 valence electrons. The average Bonchev–Trinajstić information content (AvgIpc) is 2.97. The van der Waals surface area contributed by atoms with E-state index in [-0.39, 0.29) is 31.0 Å². The van der Waals surface area contributed by atoms with Gasteiger partial charge in [0.1, 0.15) is 0 Å². The highest BCUT2D eigenvalue weighted by Crippen LogP contribution is 2.42. The number of aliphatic hydroxyl groups is 1. The maximum absolute atomic E-state index is 14.0. The number of hydrogen-bond donors (Lipinski definition) is 3. The lowest BCUT2D eigenvalue weighted by Gasteiger charge is -2.42. The zero-order valence-electron chi connectivity index (χ0n) is 23.4. The van der Waals surface area contributed by atoms with Gasteiger partial charge in [-0.3, -0.25) is 9.59 Å². The van der Waals surface area contributed by atoms with Gasteiger partial charge in [-0.25, -0.2) is 4.79 Å². The first-order valence-electron chi connectivity index (χ1n) is 14.4. The standard InChI is InChI=1S/C30H34ClF3N4O5/c31-25-16-23(6-7-24(25)26(39)38-17-22(18-38)35-28(41)42)36-12-8-19(9-13-36)20-10-14-37(15-11-20)27(40)29(43,30(32,33)34)21-4-2-1-3-5-21/h1-7,16,19-20,22,35,43H,8-15,17-18H2,(H,41,42). The Morgan fingerprint density at radius 1 is 0.860 bits per heavy atom. The number of benzene rings is 2. The van der Waals surface area contributed by atoms with Crippen molar-refractivity contribution in [3.05, 3.63) is 64.7 Å². The summed E-state index contributed by atoms with van der Waals surface area (Å²) in [5.74, 6) is -0.953. The molecular formula is C30H34ClF3N4O5. The van der Waals surface area contributed by atoms with Crippen molar-refractivity contribution in [3.8, 4) is 0 Å². The van der Waals surface area contributed by atoms with Crippen molar-refractivity contribution < 1.29 is 37.8 Å². The van der Waals surface area contributed by atoms with E-state index < -0.39 is 29.3 Å². The molecule has 43 heavy (non-hydrogen) atoms. The van der Waals surface area contributed by atoms with Gasteiger partial charge in [-0.05, 0) is 55.7 Å². The van der Waals surface area contributed by atoms with E-state index in [4.69, 9.17) is 16.7 Å². The molecule has 9 nitrogen and oxygen atoms in total. The summed E-state index contributed by atoms with van der Waals surface area (Å²) in [6.45, 7) is 2.41. The van der Waals surface area contributed by atoms with Crippen LogP contribution in [0.25, 0.3) is 0 Å². The molecule has 3 fully saturated rings. The quantitative estimate of drug-likeness (QED) is 0.442. The number of nitrogens with zero attached hydrogens (tertiary/aromatic N) is 3. The lowest BCUT2D eigenvalue weighted by atomic mass is 9.78. The summed E-state index contributed by atoms with van der Waals surface area (Å²) in [6.07, 6.45) is -3.39. The Morgan fingerprint density at radius 3 is 1.98 bits per heavy atom. The number of anilines is 1. The van der Waals surface area contributed by atoms with E-state index in [1.807, 2.05) is 6.07 Å². The van der Waals surface area contributed by atoms with E-state index in [2.05, 4.69) is 10.2 Å². The van der Waals surface area contributed by atoms with Crippen LogP contribution in [0.3, 0.4) is 0 Å². The second kappa shape index (κ2) is 12.2. The smallest absolute Gasteiger partial charge is 0.430 e. The molecule has 5 rings (SSSR count). The number of nitrogens with one attached hydrogen (secondary N) is 1. The van der Waals surface area contributed by atoms with E-state index in [9.17, 15) is 32.7 Å². The molecule has 0 bridgehead atoms. The largest absolute Gasteiger partial charge is 0.465 e. The van der Waals surface area contributed by atoms with E-state index in [0.717, 1.165) is 48.7 Å². The van der Waals surface area contributed by atoms with E-state index >= 15 is 0 Å². The summed E-state index contributed by atoms with van der Waals surface area (Å²) in [5.41, 5.74) is -2.81. The van der Waals surface area contributed by atoms with Gasteiger partial charge in [0.05, 0.1) is 16.6 Å². The number of amides is 3. The van der Waals surface area contributed by atoms with Gasteiger partial charge in [0, 0.05) is 50.5 Å². The monoisotopic (exact) mass is 622 g/mol. The van der Waals surface area contributed by atoms with Crippen molar-refractivity contribution in [1.82, 2.24) is 15.1 Å². The van der Waals surface area contributed by atoms with Gasteiger partial charge in [0.2, 0.25) is 0 Å². The number of carboxylic acid groups (broad SMARTS) is 1. The van der Waals surface area contributed by atoms with Gasteiger partial charge >= 0.3 is 12.3 Å². The second-order valence-corrected chi connectivity index (χ2v) is 12.0. The summed E-state index contributed by atoms with van der Waals surface area (Å²) < 4.78 is 41.9. The first kappa shape index (κ1) is 30.9. The predicted molar refractivity (Wildman–Crippen MR) is 153 cm³/mol. The molecule has 3 heterocycles. The van der Waals surface area contributed by atoms with Crippen LogP contribution in [0.4, 0.5) is 23.7 Å². The fourth-order valence-electron chi connectivity index (χ4n) is 6.47. The third-order valence-electron chi connectivity index (χ3n) is 8.99. The molecule has 3 aliphatic rings. The Bertz CT molecular complexity index is 1340. The van der Waals surface area contributed by atoms with Crippen molar-refractivity contribution in [2.75, 3.05) is 44.2 Å². The number of carbonyl (C=O) groups excluding carboxylic acids is 2. The number of rotatable bonds is 6. The molecule has 2 aromatic rings. The van der Waals surface area contributed by atoms with Crippen LogP contribution in [-0.2, 0) is 10.4 Å². The molecule has 0 aromatic heterocycles. The van der Waals surface area contributed by atoms with Gasteiger partial charge in [0.15, 0.2) is 0 Å². The average molecular weight is 623 g/mol. The Kier molecular flexibility index (Phi) is 8.80. The molecule has 2 aromatic carbocycles. The van der Waals surface area contributed by atoms with Crippen molar-refractivity contribution >= 4 is 35.2 Å². The molecule has 1 atom stereocenters. The maximum atomic E-state index is 14.0. The third kappa shape index (κ3) is 6.26. The Morgan fingerprint density at radius 2 is 1.44 bits per heavy atom. The van der Waals surface area contributed by atoms with Crippen molar-refractivity contribution in [2.45, 2.75) is 43.5 Å². The summed E-state index contributed by atoms with van der Waals surface area (Å²) in [5, 5.41) is 22.1. The molecule has 0 radical (unpaired) electrons. The van der Waals surface area contributed by atoms with Crippen LogP contribution in [0.1, 0.15) is 41.6 Å². The highest BCUT2D eigenvalue weighted by Gasteiger charge is 2.62. The number of carbonyl (C=O) groups is 3. The van der Waals surface area contributed by atoms with E-state index in [1.54, 1.807) is 12.1 Å². The van der Waals surface area contributed by atoms with E-state index in [0.29, 0.717) is 42.4 Å². The Balaban J connectivity index is 1.13. The first-order valence-corrected chi connectivity index (χ1v) is 14.7. The second-order valence-electron chi connectivity index (χ2n) is 11.5. The molecule has 0 aliphatic carbocycles. The minimum atomic E-state index is -5.15. The number of piperidine rings is 2. The lowest BCUT2D eigenvalue weighted by Crippen LogP contribution is -2.60. The highest BCUT2D eigenvalue weighted by molar-refractivity contribution is 6.34. The summed E-state index contributed by atoms with van der Waals surface area (Å²) >= 11 is 6.47. The van der Waals surface area contributed by atoms with Crippen LogP contribution in [0, 0.1) is 11.8 Å². The topological polar surface area (TPSA) is 113 Å². The molecule has 3 saturated heterocycles. The van der Waals surface area contributed by atoms with Gasteiger partial charge in [-0.2, -0.15) is 13.2 Å². The fraction of sp³-hybridized carbons (Fsp3) is 0.500. The van der Waals surface area contributed by atoms with Crippen LogP contribution in [-0.4, -0.2) is 89.4 Å². The minimum absolute atomic E-state index is 0.157. The summed E-state index contributed by atoms with van der Waals surface area (Å²) in [6, 6.07) is 11.5. The van der Waals surface area contributed by atoms with Gasteiger partial charge < -0.3 is 30.2 Å².